The number of hydrogen-bond donors (Lipinski definition) is 6. The second-order valence-electron chi connectivity index (χ2n) is 12.0. The Hall–Kier alpha value is -2.92. The largest absolute Gasteiger partial charge is 0.510 e. The first-order valence-electron chi connectivity index (χ1n) is 13.7. The molecule has 216 valence electrons. The number of allylic oxidation sites excluding steroid dienone is 1. The van der Waals surface area contributed by atoms with Gasteiger partial charge in [0.2, 0.25) is 5.78 Å². The minimum absolute atomic E-state index is 0.0182. The van der Waals surface area contributed by atoms with Crippen LogP contribution in [0, 0.1) is 17.3 Å². The molecule has 0 saturated heterocycles. The normalized spacial score (nSPS) is 29.2. The smallest absolute Gasteiger partial charge is 0.255 e. The number of aliphatic hydroxyl groups is 3. The van der Waals surface area contributed by atoms with Crippen molar-refractivity contribution in [2.75, 3.05) is 20.6 Å². The van der Waals surface area contributed by atoms with Crippen LogP contribution in [0.4, 0.5) is 0 Å². The van der Waals surface area contributed by atoms with Gasteiger partial charge in [0.25, 0.3) is 5.91 Å². The number of hydrogen-bond acceptors (Lipinski definition) is 9. The summed E-state index contributed by atoms with van der Waals surface area (Å²) < 4.78 is 0. The summed E-state index contributed by atoms with van der Waals surface area (Å²) in [7, 11) is 3.18. The highest BCUT2D eigenvalue weighted by Gasteiger charge is 2.63. The lowest BCUT2D eigenvalue weighted by atomic mass is 9.58. The summed E-state index contributed by atoms with van der Waals surface area (Å²) >= 11 is 6.82. The lowest BCUT2D eigenvalue weighted by Crippen LogP contribution is -2.63. The number of nitrogens with one attached hydrogen (secondary N) is 1. The Bertz CT molecular complexity index is 1370. The SMILES string of the molecule is CCC1(CNCc2cc(O)c3c(c2Cl)C[C@H]2C[C@H]4[C@H](N(C)C)C(O)=C(C(N)=O)C(=O)[C@@]4(O)C(O)=C2C3=O)CCC1. The number of aromatic hydroxyl groups is 1. The number of aliphatic hydroxyl groups excluding tert-OH is 2. The van der Waals surface area contributed by atoms with Gasteiger partial charge in [0.1, 0.15) is 22.8 Å². The predicted molar refractivity (Wildman–Crippen MR) is 147 cm³/mol. The lowest BCUT2D eigenvalue weighted by Gasteiger charge is -2.50. The fraction of sp³-hybridized carbons (Fsp3) is 0.552. The molecule has 0 unspecified atom stereocenters. The van der Waals surface area contributed by atoms with Crippen LogP contribution >= 0.6 is 11.6 Å². The topological polar surface area (TPSA) is 173 Å². The van der Waals surface area contributed by atoms with Crippen molar-refractivity contribution in [3.63, 3.8) is 0 Å². The maximum absolute atomic E-state index is 13.8. The molecule has 10 nitrogen and oxygen atoms in total. The first-order chi connectivity index (χ1) is 18.8. The number of primary amides is 1. The quantitative estimate of drug-likeness (QED) is 0.268. The van der Waals surface area contributed by atoms with E-state index in [0.29, 0.717) is 22.7 Å². The molecule has 1 aromatic carbocycles. The molecule has 1 amide bonds. The van der Waals surface area contributed by atoms with Crippen LogP contribution in [0.1, 0.15) is 60.5 Å². The molecule has 0 bridgehead atoms. The number of amides is 1. The first-order valence-corrected chi connectivity index (χ1v) is 14.1. The Morgan fingerprint density at radius 2 is 1.90 bits per heavy atom. The molecule has 0 aromatic heterocycles. The summed E-state index contributed by atoms with van der Waals surface area (Å²) in [6.45, 7) is 3.41. The number of ketones is 2. The summed E-state index contributed by atoms with van der Waals surface area (Å²) in [5.74, 6) is -6.80. The van der Waals surface area contributed by atoms with Gasteiger partial charge in [-0.1, -0.05) is 24.9 Å². The summed E-state index contributed by atoms with van der Waals surface area (Å²) in [6, 6.07) is 0.394. The number of Topliss-reactive ketones (excluding diaryl/α,β-unsaturated/α-hetero) is 2. The molecule has 4 aliphatic carbocycles. The number of carbonyl (C=O) groups excluding carboxylic acids is 3. The summed E-state index contributed by atoms with van der Waals surface area (Å²) in [6.07, 6.45) is 4.82. The van der Waals surface area contributed by atoms with Gasteiger partial charge in [-0.2, -0.15) is 0 Å². The maximum Gasteiger partial charge on any atom is 0.255 e. The first kappa shape index (κ1) is 28.6. The number of rotatable bonds is 7. The average Bonchev–Trinajstić information content (AvgIpc) is 2.85. The molecule has 0 aliphatic heterocycles. The van der Waals surface area contributed by atoms with Crippen LogP contribution in [0.15, 0.2) is 28.7 Å². The third-order valence-electron chi connectivity index (χ3n) is 9.71. The third kappa shape index (κ3) is 3.99. The van der Waals surface area contributed by atoms with Crippen LogP contribution < -0.4 is 11.1 Å². The minimum Gasteiger partial charge on any atom is -0.510 e. The Labute approximate surface area is 237 Å². The number of likely N-dealkylation sites (N-methyl/N-ethyl adjacent to an activating group) is 1. The molecule has 40 heavy (non-hydrogen) atoms. The lowest BCUT2D eigenvalue weighted by molar-refractivity contribution is -0.148. The van der Waals surface area contributed by atoms with Crippen molar-refractivity contribution < 1.29 is 34.8 Å². The molecule has 7 N–H and O–H groups in total. The molecule has 11 heteroatoms. The van der Waals surface area contributed by atoms with Crippen LogP contribution in [0.3, 0.4) is 0 Å². The van der Waals surface area contributed by atoms with Crippen LogP contribution in [-0.2, 0) is 22.6 Å². The molecule has 5 rings (SSSR count). The number of halogens is 1. The zero-order valence-electron chi connectivity index (χ0n) is 22.9. The fourth-order valence-corrected chi connectivity index (χ4v) is 7.57. The molecule has 0 radical (unpaired) electrons. The molecule has 4 atom stereocenters. The van der Waals surface area contributed by atoms with Crippen molar-refractivity contribution in [3.05, 3.63) is 50.4 Å². The standard InChI is InChI=1S/C29H36ClN3O7/c1-4-28(6-5-7-28)12-32-11-14-10-17(34)19-15(21(14)30)8-13-9-16-22(33(2)3)24(36)20(27(31)39)26(38)29(16,40)25(37)18(13)23(19)35/h10,13,16,22,32,34,36-37,40H,4-9,11-12H2,1-3H3,(H2,31,39)/t13-,16-,22-,29-/m0/s1. The van der Waals surface area contributed by atoms with E-state index < -0.39 is 58.0 Å². The second-order valence-corrected chi connectivity index (χ2v) is 12.4. The molecule has 0 spiro atoms. The van der Waals surface area contributed by atoms with Crippen molar-refractivity contribution in [1.82, 2.24) is 10.2 Å². The van der Waals surface area contributed by atoms with Gasteiger partial charge < -0.3 is 31.5 Å². The van der Waals surface area contributed by atoms with Gasteiger partial charge in [0, 0.05) is 29.6 Å². The van der Waals surface area contributed by atoms with Gasteiger partial charge in [-0.15, -0.1) is 0 Å². The maximum atomic E-state index is 13.8. The highest BCUT2D eigenvalue weighted by Crippen LogP contribution is 2.53. The van der Waals surface area contributed by atoms with Crippen LogP contribution in [0.2, 0.25) is 5.02 Å². The van der Waals surface area contributed by atoms with Crippen LogP contribution in [0.25, 0.3) is 0 Å². The van der Waals surface area contributed by atoms with Crippen molar-refractivity contribution in [3.8, 4) is 5.75 Å². The van der Waals surface area contributed by atoms with E-state index in [1.807, 2.05) is 0 Å². The second kappa shape index (κ2) is 9.87. The van der Waals surface area contributed by atoms with Crippen molar-refractivity contribution in [2.45, 2.75) is 63.6 Å². The molecular weight excluding hydrogens is 538 g/mol. The number of carbonyl (C=O) groups is 3. The number of nitrogens with zero attached hydrogens (tertiary/aromatic N) is 1. The Morgan fingerprint density at radius 1 is 1.23 bits per heavy atom. The fourth-order valence-electron chi connectivity index (χ4n) is 7.28. The van der Waals surface area contributed by atoms with Crippen LogP contribution in [-0.4, -0.2) is 75.1 Å². The van der Waals surface area contributed by atoms with Gasteiger partial charge >= 0.3 is 0 Å². The molecule has 1 fully saturated rings. The van der Waals surface area contributed by atoms with E-state index >= 15 is 0 Å². The molecule has 4 aliphatic rings. The van der Waals surface area contributed by atoms with E-state index in [2.05, 4.69) is 12.2 Å². The monoisotopic (exact) mass is 573 g/mol. The minimum atomic E-state index is -2.66. The van der Waals surface area contributed by atoms with Gasteiger partial charge in [0.05, 0.1) is 11.6 Å². The van der Waals surface area contributed by atoms with Crippen LogP contribution in [0.5, 0.6) is 5.75 Å². The predicted octanol–water partition coefficient (Wildman–Crippen LogP) is 2.44. The Balaban J connectivity index is 1.55. The third-order valence-corrected chi connectivity index (χ3v) is 10.2. The van der Waals surface area contributed by atoms with Crippen molar-refractivity contribution >= 4 is 29.1 Å². The van der Waals surface area contributed by atoms with E-state index in [1.54, 1.807) is 14.1 Å². The number of fused-ring (bicyclic) bond motifs is 3. The van der Waals surface area contributed by atoms with E-state index in [9.17, 15) is 34.8 Å². The van der Waals surface area contributed by atoms with E-state index in [4.69, 9.17) is 17.3 Å². The zero-order valence-corrected chi connectivity index (χ0v) is 23.6. The van der Waals surface area contributed by atoms with Crippen molar-refractivity contribution in [1.29, 1.82) is 0 Å². The molecular formula is C29H36ClN3O7. The highest BCUT2D eigenvalue weighted by atomic mass is 35.5. The van der Waals surface area contributed by atoms with Gasteiger partial charge in [-0.05, 0) is 74.7 Å². The number of benzene rings is 1. The number of phenols is 1. The Kier molecular flexibility index (Phi) is 7.06. The number of nitrogens with two attached hydrogens (primary N) is 1. The van der Waals surface area contributed by atoms with Gasteiger partial charge in [-0.25, -0.2) is 0 Å². The summed E-state index contributed by atoms with van der Waals surface area (Å²) in [4.78, 5) is 40.7. The van der Waals surface area contributed by atoms with E-state index in [-0.39, 0.29) is 35.1 Å². The van der Waals surface area contributed by atoms with Crippen molar-refractivity contribution in [2.24, 2.45) is 23.0 Å². The highest BCUT2D eigenvalue weighted by molar-refractivity contribution is 6.33. The van der Waals surface area contributed by atoms with Gasteiger partial charge in [0.15, 0.2) is 11.4 Å². The van der Waals surface area contributed by atoms with E-state index in [1.165, 1.54) is 30.2 Å². The molecule has 1 aromatic rings. The summed E-state index contributed by atoms with van der Waals surface area (Å²) in [5, 5.41) is 48.6. The Morgan fingerprint density at radius 3 is 2.45 bits per heavy atom. The van der Waals surface area contributed by atoms with Gasteiger partial charge in [-0.3, -0.25) is 19.3 Å². The molecule has 1 saturated carbocycles. The van der Waals surface area contributed by atoms with E-state index in [0.717, 1.165) is 13.0 Å². The zero-order chi connectivity index (χ0) is 29.3. The summed E-state index contributed by atoms with van der Waals surface area (Å²) in [5.41, 5.74) is 2.95. The molecule has 0 heterocycles. The number of phenolic OH excluding ortho intramolecular Hbond substituents is 1. The average molecular weight is 574 g/mol.